The molecule has 4 rings (SSSR count). The van der Waals surface area contributed by atoms with Gasteiger partial charge in [-0.2, -0.15) is 0 Å². The number of aliphatic hydroxyl groups is 2. The predicted octanol–water partition coefficient (Wildman–Crippen LogP) is -21.1. The maximum Gasteiger partial charge on any atom is 1.00 e. The number of carboxylic acids is 5. The second-order valence-electron chi connectivity index (χ2n) is 13.5. The van der Waals surface area contributed by atoms with Crippen molar-refractivity contribution in [1.82, 2.24) is 9.47 Å². The van der Waals surface area contributed by atoms with E-state index in [0.29, 0.717) is 12.8 Å². The molecule has 1 saturated heterocycles. The van der Waals surface area contributed by atoms with E-state index in [2.05, 4.69) is 9.98 Å². The van der Waals surface area contributed by atoms with Crippen molar-refractivity contribution in [2.45, 2.75) is 74.7 Å². The van der Waals surface area contributed by atoms with E-state index >= 15 is 4.39 Å². The average Bonchev–Trinajstić information content (AvgIpc) is 3.94. The average molecular weight is 904 g/mol. The van der Waals surface area contributed by atoms with Gasteiger partial charge in [0.1, 0.15) is 11.9 Å². The summed E-state index contributed by atoms with van der Waals surface area (Å²) in [6.07, 6.45) is -3.58. The van der Waals surface area contributed by atoms with Gasteiger partial charge in [0.25, 0.3) is 0 Å². The summed E-state index contributed by atoms with van der Waals surface area (Å²) >= 11 is 0. The van der Waals surface area contributed by atoms with Crippen LogP contribution in [0.15, 0.2) is 33.1 Å². The number of carbonyl (C=O) groups is 6. The van der Waals surface area contributed by atoms with Crippen LogP contribution in [0, 0.1) is 5.82 Å². The van der Waals surface area contributed by atoms with Crippen molar-refractivity contribution >= 4 is 64.1 Å². The number of amides is 1. The van der Waals surface area contributed by atoms with Gasteiger partial charge < -0.3 is 79.7 Å². The van der Waals surface area contributed by atoms with Crippen LogP contribution in [-0.4, -0.2) is 127 Å². The zero-order valence-electron chi connectivity index (χ0n) is 34.4. The Balaban J connectivity index is 0. The minimum absolute atomic E-state index is 0. The topological polar surface area (TPSA) is 352 Å². The molecule has 1 aromatic heterocycles. The summed E-state index contributed by atoms with van der Waals surface area (Å²) < 4.78 is 17.1. The Morgan fingerprint density at radius 3 is 1.75 bits per heavy atom. The van der Waals surface area contributed by atoms with Gasteiger partial charge in [-0.3, -0.25) is 14.6 Å². The minimum atomic E-state index is -3.15. The van der Waals surface area contributed by atoms with E-state index in [1.807, 2.05) is 0 Å². The number of benzene rings is 1. The van der Waals surface area contributed by atoms with Crippen LogP contribution in [0.4, 0.5) is 10.1 Å². The number of rotatable bonds is 19. The van der Waals surface area contributed by atoms with Crippen molar-refractivity contribution in [2.75, 3.05) is 37.6 Å². The molecule has 1 aromatic carbocycles. The van der Waals surface area contributed by atoms with Gasteiger partial charge in [0.05, 0.1) is 22.7 Å². The quantitative estimate of drug-likeness (QED) is 0.0440. The smallest absolute Gasteiger partial charge is 0.862 e. The maximum absolute atomic E-state index is 15.5. The van der Waals surface area contributed by atoms with Crippen molar-refractivity contribution in [2.24, 2.45) is 9.98 Å². The first-order chi connectivity index (χ1) is 26.2. The SMILES string of the molecule is O=C([O-])CC(O)(CC([O-])=NCCC[C@H](N=C([O-])CC(O)(CC(=O)[O-])C(=O)O)C(=O)N1CCN(c2cc3c(cc2F)c(=O)c(C(=O)[O-])cn3C2CC2)CC1)C(=O)O.[Na+].[Na+].[Na+].[Na+].[Na+]. The molecule has 0 bridgehead atoms. The zero-order chi connectivity index (χ0) is 41.7. The monoisotopic (exact) mass is 903 g/mol. The van der Waals surface area contributed by atoms with Crippen molar-refractivity contribution in [3.63, 3.8) is 0 Å². The molecule has 1 aliphatic carbocycles. The third-order valence-electron chi connectivity index (χ3n) is 9.26. The van der Waals surface area contributed by atoms with Gasteiger partial charge in [-0.1, -0.05) is 0 Å². The number of aliphatic imine (C=N–C) groups is 2. The Labute approximate surface area is 456 Å². The molecule has 61 heavy (non-hydrogen) atoms. The second-order valence-corrected chi connectivity index (χ2v) is 13.5. The molecular weight excluding hydrogens is 868 g/mol. The number of aliphatic carboxylic acids is 4. The number of halogens is 1. The molecule has 3 atom stereocenters. The largest absolute Gasteiger partial charge is 1.00 e. The van der Waals surface area contributed by atoms with Crippen LogP contribution >= 0.6 is 0 Å². The van der Waals surface area contributed by atoms with Crippen LogP contribution in [0.2, 0.25) is 0 Å². The van der Waals surface area contributed by atoms with E-state index in [0.717, 1.165) is 12.3 Å². The normalized spacial score (nSPS) is 16.4. The number of piperazine rings is 1. The van der Waals surface area contributed by atoms with Crippen molar-refractivity contribution in [1.29, 1.82) is 0 Å². The predicted molar refractivity (Wildman–Crippen MR) is 176 cm³/mol. The molecule has 2 heterocycles. The summed E-state index contributed by atoms with van der Waals surface area (Å²) in [6, 6.07) is 0.580. The van der Waals surface area contributed by atoms with E-state index in [9.17, 15) is 74.4 Å². The van der Waals surface area contributed by atoms with Crippen LogP contribution in [0.1, 0.15) is 67.8 Å². The number of hydrogen-bond donors (Lipinski definition) is 4. The standard InChI is InChI=1S/C34H40FN5O16.5Na/c35-20-10-18-22(40(17-3-4-17)16-19(28(18)47)30(49)50)11-23(20)38-6-8-39(9-7-38)29(48)21(37-25(42)13-34(56,32(53)54)15-27(45)46)2-1-5-36-24(41)12-33(55,31(51)52)14-26(43)44;;;;;/h10-11,16-17,21,55-56H,1-9,12-15H2,(H,36,41)(H,37,42)(H,43,44)(H,45,46)(H,49,50)(H,51,52)(H,53,54);;;;;/q;5*+1/p-5/t21-,33?,34?;;;;;/m0...../s1. The molecule has 2 unspecified atom stereocenters. The molecule has 1 amide bonds. The fourth-order valence-corrected chi connectivity index (χ4v) is 6.19. The van der Waals surface area contributed by atoms with Gasteiger partial charge in [-0.25, -0.2) is 14.0 Å². The number of aromatic carboxylic acids is 1. The molecule has 2 aliphatic rings. The van der Waals surface area contributed by atoms with Gasteiger partial charge in [0.15, 0.2) is 16.6 Å². The minimum Gasteiger partial charge on any atom is -0.862 e. The number of nitrogens with zero attached hydrogens (tertiary/aromatic N) is 5. The van der Waals surface area contributed by atoms with Crippen molar-refractivity contribution in [3.05, 3.63) is 39.9 Å². The van der Waals surface area contributed by atoms with Crippen LogP contribution in [-0.2, 0) is 24.0 Å². The van der Waals surface area contributed by atoms with Crippen LogP contribution < -0.4 is 184 Å². The Bertz CT molecular complexity index is 2060. The molecule has 27 heteroatoms. The number of fused-ring (bicyclic) bond motifs is 1. The number of carboxylic acid groups (broad SMARTS) is 5. The van der Waals surface area contributed by atoms with E-state index < -0.39 is 114 Å². The molecule has 0 spiro atoms. The van der Waals surface area contributed by atoms with Crippen LogP contribution in [0.25, 0.3) is 10.9 Å². The molecule has 304 valence electrons. The molecule has 1 aliphatic heterocycles. The Morgan fingerprint density at radius 2 is 1.30 bits per heavy atom. The van der Waals surface area contributed by atoms with Gasteiger partial charge in [0.2, 0.25) is 5.91 Å². The van der Waals surface area contributed by atoms with E-state index in [-0.39, 0.29) is 209 Å². The number of pyridine rings is 1. The van der Waals surface area contributed by atoms with E-state index in [1.54, 1.807) is 9.47 Å². The van der Waals surface area contributed by atoms with Gasteiger partial charge in [-0.15, -0.1) is 0 Å². The van der Waals surface area contributed by atoms with Crippen LogP contribution in [0.3, 0.4) is 0 Å². The first-order valence-corrected chi connectivity index (χ1v) is 17.0. The van der Waals surface area contributed by atoms with Gasteiger partial charge in [-0.05, 0) is 49.6 Å². The first kappa shape index (κ1) is 61.9. The molecule has 2 fully saturated rings. The van der Waals surface area contributed by atoms with Gasteiger partial charge >= 0.3 is 160 Å². The fourth-order valence-electron chi connectivity index (χ4n) is 6.19. The zero-order valence-corrected chi connectivity index (χ0v) is 44.4. The summed E-state index contributed by atoms with van der Waals surface area (Å²) in [4.78, 5) is 92.9. The summed E-state index contributed by atoms with van der Waals surface area (Å²) in [5.74, 6) is -14.1. The van der Waals surface area contributed by atoms with E-state index in [4.69, 9.17) is 5.11 Å². The Kier molecular flexibility index (Phi) is 27.1. The summed E-state index contributed by atoms with van der Waals surface area (Å²) in [7, 11) is 0. The molecule has 4 N–H and O–H groups in total. The molecule has 2 aromatic rings. The summed E-state index contributed by atoms with van der Waals surface area (Å²) in [6.45, 7) is -0.677. The summed E-state index contributed by atoms with van der Waals surface area (Å²) in [5, 5.41) is 97.2. The van der Waals surface area contributed by atoms with Crippen molar-refractivity contribution < 1.29 is 227 Å². The Hall–Kier alpha value is -1.16. The second kappa shape index (κ2) is 26.7. The number of carbonyl (C=O) groups excluding carboxylic acids is 4. The van der Waals surface area contributed by atoms with Gasteiger partial charge in [0, 0.05) is 88.0 Å². The first-order valence-electron chi connectivity index (χ1n) is 17.0. The molecule has 1 saturated carbocycles. The summed E-state index contributed by atoms with van der Waals surface area (Å²) in [5.41, 5.74) is -7.38. The maximum atomic E-state index is 15.5. The molecule has 21 nitrogen and oxygen atoms in total. The Morgan fingerprint density at radius 1 is 0.787 bits per heavy atom. The molecular formula is C34H35FN5Na5O16. The van der Waals surface area contributed by atoms with Crippen LogP contribution in [0.5, 0.6) is 0 Å². The number of hydrogen-bond acceptors (Lipinski definition) is 17. The number of anilines is 1. The fraction of sp³-hybridized carbons (Fsp3) is 0.500. The third kappa shape index (κ3) is 16.7. The molecule has 0 radical (unpaired) electrons. The third-order valence-corrected chi connectivity index (χ3v) is 9.26. The number of aromatic nitrogens is 1. The van der Waals surface area contributed by atoms with E-state index in [1.165, 1.54) is 11.0 Å². The van der Waals surface area contributed by atoms with Crippen molar-refractivity contribution in [3.8, 4) is 0 Å².